The summed E-state index contributed by atoms with van der Waals surface area (Å²) in [4.78, 5) is 8.45. The predicted octanol–water partition coefficient (Wildman–Crippen LogP) is 6.45. The Morgan fingerprint density at radius 2 is 1.33 bits per heavy atom. The average molecular weight is 526 g/mol. The van der Waals surface area contributed by atoms with Crippen molar-refractivity contribution in [1.82, 2.24) is 25.4 Å². The van der Waals surface area contributed by atoms with E-state index < -0.39 is 0 Å². The molecule has 0 fully saturated rings. The maximum Gasteiger partial charge on any atom is 0.116 e. The van der Waals surface area contributed by atoms with Crippen LogP contribution in [0.1, 0.15) is 61.0 Å². The lowest BCUT2D eigenvalue weighted by Crippen LogP contribution is -2.09. The fraction of sp³-hybridized carbons (Fsp3) is 0.375. The fourth-order valence-electron chi connectivity index (χ4n) is 4.74. The molecule has 2 unspecified atom stereocenters. The van der Waals surface area contributed by atoms with Crippen LogP contribution in [0.5, 0.6) is 0 Å². The number of H-pyrrole nitrogens is 1. The molecule has 0 bridgehead atoms. The average Bonchev–Trinajstić information content (AvgIpc) is 3.44. The summed E-state index contributed by atoms with van der Waals surface area (Å²) in [6, 6.07) is 15.5. The van der Waals surface area contributed by atoms with Crippen molar-refractivity contribution in [3.63, 3.8) is 0 Å². The Labute approximate surface area is 228 Å². The van der Waals surface area contributed by atoms with Crippen molar-refractivity contribution in [3.8, 4) is 23.7 Å². The standard InChI is InChI=1S/C32H33F2N5/c33-17-15-25(9-1-3-11-29-13-5-7-19-35-29)21-27-23-28(32-31(24-27)37-39-38-32)22-26(16-18-34)10-2-4-12-30-14-6-8-20-36-30/h5-8,13-14,19-20,23-26H,1-2,9-10,15-18,21-22H2,(H,37,38,39). The SMILES string of the molecule is FCCC(CCC#Cc1ccccn1)Cc1cc(CC(CCF)CCC#Cc2ccccn2)c2n[nH]nc2c1. The van der Waals surface area contributed by atoms with E-state index in [1.807, 2.05) is 42.5 Å². The number of benzene rings is 1. The van der Waals surface area contributed by atoms with E-state index in [-0.39, 0.29) is 25.2 Å². The van der Waals surface area contributed by atoms with Gasteiger partial charge in [-0.25, -0.2) is 9.97 Å². The first-order valence-corrected chi connectivity index (χ1v) is 13.5. The lowest BCUT2D eigenvalue weighted by atomic mass is 9.88. The highest BCUT2D eigenvalue weighted by Gasteiger charge is 2.17. The number of nitrogens with zero attached hydrogens (tertiary/aromatic N) is 4. The van der Waals surface area contributed by atoms with E-state index in [4.69, 9.17) is 0 Å². The highest BCUT2D eigenvalue weighted by Crippen LogP contribution is 2.27. The second kappa shape index (κ2) is 15.3. The number of hydrogen-bond donors (Lipinski definition) is 1. The van der Waals surface area contributed by atoms with Gasteiger partial charge in [-0.1, -0.05) is 30.0 Å². The highest BCUT2D eigenvalue weighted by molar-refractivity contribution is 5.78. The predicted molar refractivity (Wildman–Crippen MR) is 150 cm³/mol. The number of aromatic nitrogens is 5. The maximum absolute atomic E-state index is 13.4. The van der Waals surface area contributed by atoms with Gasteiger partial charge in [-0.15, -0.1) is 0 Å². The molecule has 0 aliphatic rings. The van der Waals surface area contributed by atoms with E-state index >= 15 is 0 Å². The summed E-state index contributed by atoms with van der Waals surface area (Å²) in [5, 5.41) is 11.4. The molecule has 4 aromatic rings. The van der Waals surface area contributed by atoms with Gasteiger partial charge in [0.1, 0.15) is 22.4 Å². The summed E-state index contributed by atoms with van der Waals surface area (Å²) in [6.45, 7) is -0.742. The zero-order chi connectivity index (χ0) is 27.1. The van der Waals surface area contributed by atoms with Crippen molar-refractivity contribution in [1.29, 1.82) is 0 Å². The number of alkyl halides is 2. The van der Waals surface area contributed by atoms with Crippen LogP contribution >= 0.6 is 0 Å². The molecule has 0 saturated heterocycles. The molecule has 1 aromatic carbocycles. The fourth-order valence-corrected chi connectivity index (χ4v) is 4.74. The molecule has 7 heteroatoms. The Kier molecular flexibility index (Phi) is 11.0. The number of pyridine rings is 2. The summed E-state index contributed by atoms with van der Waals surface area (Å²) in [7, 11) is 0. The van der Waals surface area contributed by atoms with Gasteiger partial charge in [0.05, 0.1) is 13.3 Å². The first kappa shape index (κ1) is 27.9. The zero-order valence-corrected chi connectivity index (χ0v) is 22.0. The van der Waals surface area contributed by atoms with Gasteiger partial charge in [0, 0.05) is 25.2 Å². The van der Waals surface area contributed by atoms with Crippen LogP contribution in [0.15, 0.2) is 60.9 Å². The van der Waals surface area contributed by atoms with Crippen LogP contribution in [0.25, 0.3) is 11.0 Å². The molecule has 0 spiro atoms. The molecule has 5 nitrogen and oxygen atoms in total. The molecule has 200 valence electrons. The summed E-state index contributed by atoms with van der Waals surface area (Å²) in [5.74, 6) is 12.8. The van der Waals surface area contributed by atoms with Crippen molar-refractivity contribution in [2.75, 3.05) is 13.3 Å². The van der Waals surface area contributed by atoms with Gasteiger partial charge in [0.25, 0.3) is 0 Å². The van der Waals surface area contributed by atoms with E-state index in [1.165, 1.54) is 0 Å². The molecule has 0 aliphatic carbocycles. The summed E-state index contributed by atoms with van der Waals surface area (Å²) in [5.41, 5.74) is 5.21. The first-order chi connectivity index (χ1) is 19.2. The van der Waals surface area contributed by atoms with Crippen molar-refractivity contribution in [3.05, 3.63) is 83.4 Å². The van der Waals surface area contributed by atoms with Gasteiger partial charge in [-0.2, -0.15) is 15.4 Å². The molecule has 0 aliphatic heterocycles. The highest BCUT2D eigenvalue weighted by atomic mass is 19.1. The lowest BCUT2D eigenvalue weighted by molar-refractivity contribution is 0.369. The normalized spacial score (nSPS) is 12.3. The molecule has 3 aromatic heterocycles. The monoisotopic (exact) mass is 525 g/mol. The molecule has 0 amide bonds. The number of halogens is 2. The Morgan fingerprint density at radius 1 is 0.718 bits per heavy atom. The third-order valence-corrected chi connectivity index (χ3v) is 6.75. The maximum atomic E-state index is 13.4. The van der Waals surface area contributed by atoms with Crippen LogP contribution in [-0.4, -0.2) is 38.7 Å². The van der Waals surface area contributed by atoms with Crippen molar-refractivity contribution < 1.29 is 8.78 Å². The quantitative estimate of drug-likeness (QED) is 0.216. The smallest absolute Gasteiger partial charge is 0.116 e. The third kappa shape index (κ3) is 9.00. The van der Waals surface area contributed by atoms with E-state index in [0.717, 1.165) is 52.8 Å². The second-order valence-electron chi connectivity index (χ2n) is 9.65. The molecule has 0 saturated carbocycles. The van der Waals surface area contributed by atoms with Gasteiger partial charge < -0.3 is 0 Å². The van der Waals surface area contributed by atoms with Crippen LogP contribution in [0.3, 0.4) is 0 Å². The Hall–Kier alpha value is -4.10. The van der Waals surface area contributed by atoms with Gasteiger partial charge in [-0.05, 0) is 104 Å². The van der Waals surface area contributed by atoms with Crippen molar-refractivity contribution >= 4 is 11.0 Å². The zero-order valence-electron chi connectivity index (χ0n) is 22.0. The lowest BCUT2D eigenvalue weighted by Gasteiger charge is -2.17. The molecule has 0 radical (unpaired) electrons. The van der Waals surface area contributed by atoms with E-state index in [0.29, 0.717) is 32.1 Å². The van der Waals surface area contributed by atoms with Gasteiger partial charge in [-0.3, -0.25) is 8.78 Å². The van der Waals surface area contributed by atoms with Gasteiger partial charge in [0.2, 0.25) is 0 Å². The number of fused-ring (bicyclic) bond motifs is 1. The van der Waals surface area contributed by atoms with Crippen molar-refractivity contribution in [2.45, 2.75) is 51.4 Å². The molecular formula is C32H33F2N5. The van der Waals surface area contributed by atoms with E-state index in [9.17, 15) is 8.78 Å². The van der Waals surface area contributed by atoms with Crippen LogP contribution in [-0.2, 0) is 12.8 Å². The van der Waals surface area contributed by atoms with Crippen LogP contribution in [0.4, 0.5) is 8.78 Å². The Balaban J connectivity index is 1.42. The van der Waals surface area contributed by atoms with Crippen LogP contribution in [0.2, 0.25) is 0 Å². The topological polar surface area (TPSA) is 67.3 Å². The van der Waals surface area contributed by atoms with Gasteiger partial charge >= 0.3 is 0 Å². The molecule has 1 N–H and O–H groups in total. The summed E-state index contributed by atoms with van der Waals surface area (Å²) in [6.07, 6.45) is 8.75. The van der Waals surface area contributed by atoms with Gasteiger partial charge in [0.15, 0.2) is 0 Å². The minimum absolute atomic E-state index is 0.131. The van der Waals surface area contributed by atoms with Crippen LogP contribution < -0.4 is 0 Å². The Morgan fingerprint density at radius 3 is 1.90 bits per heavy atom. The minimum atomic E-state index is -0.377. The summed E-state index contributed by atoms with van der Waals surface area (Å²) < 4.78 is 26.8. The number of aromatic amines is 1. The number of hydrogen-bond acceptors (Lipinski definition) is 4. The molecular weight excluding hydrogens is 492 g/mol. The largest absolute Gasteiger partial charge is 0.251 e. The van der Waals surface area contributed by atoms with Crippen molar-refractivity contribution in [2.24, 2.45) is 11.8 Å². The molecule has 2 atom stereocenters. The van der Waals surface area contributed by atoms with E-state index in [1.54, 1.807) is 12.4 Å². The number of rotatable bonds is 12. The van der Waals surface area contributed by atoms with E-state index in [2.05, 4.69) is 55.1 Å². The third-order valence-electron chi connectivity index (χ3n) is 6.75. The first-order valence-electron chi connectivity index (χ1n) is 13.5. The van der Waals surface area contributed by atoms with Crippen LogP contribution in [0, 0.1) is 35.5 Å². The summed E-state index contributed by atoms with van der Waals surface area (Å²) >= 11 is 0. The second-order valence-corrected chi connectivity index (χ2v) is 9.65. The Bertz CT molecular complexity index is 1410. The molecule has 3 heterocycles. The molecule has 39 heavy (non-hydrogen) atoms. The molecule has 4 rings (SSSR count). The number of nitrogens with one attached hydrogen (secondary N) is 1. The minimum Gasteiger partial charge on any atom is -0.251 e.